The molecule has 4 nitrogen and oxygen atoms in total. The second kappa shape index (κ2) is 7.77. The van der Waals surface area contributed by atoms with E-state index >= 15 is 0 Å². The van der Waals surface area contributed by atoms with Gasteiger partial charge in [-0.2, -0.15) is 0 Å². The molecular formula is C24H20ClFN2O2S. The van der Waals surface area contributed by atoms with Gasteiger partial charge >= 0.3 is 5.97 Å². The van der Waals surface area contributed by atoms with Crippen molar-refractivity contribution < 1.29 is 14.3 Å². The summed E-state index contributed by atoms with van der Waals surface area (Å²) in [7, 11) is 1.94. The number of aromatic nitrogens is 2. The third kappa shape index (κ3) is 3.54. The van der Waals surface area contributed by atoms with E-state index in [2.05, 4.69) is 4.57 Å². The van der Waals surface area contributed by atoms with Crippen LogP contribution in [0.2, 0.25) is 5.02 Å². The number of fused-ring (bicyclic) bond motifs is 3. The van der Waals surface area contributed by atoms with Crippen LogP contribution in [-0.2, 0) is 18.4 Å². The van der Waals surface area contributed by atoms with E-state index in [4.69, 9.17) is 11.6 Å². The molecule has 1 aliphatic rings. The van der Waals surface area contributed by atoms with Gasteiger partial charge in [-0.05, 0) is 55.0 Å². The van der Waals surface area contributed by atoms with Crippen LogP contribution in [0.5, 0.6) is 0 Å². The maximum atomic E-state index is 14.7. The van der Waals surface area contributed by atoms with Crippen LogP contribution in [0.3, 0.4) is 0 Å². The summed E-state index contributed by atoms with van der Waals surface area (Å²) in [6, 6.07) is 14.7. The Hall–Kier alpha value is -2.70. The third-order valence-corrected chi connectivity index (χ3v) is 7.26. The predicted octanol–water partition coefficient (Wildman–Crippen LogP) is 6.55. The van der Waals surface area contributed by atoms with Gasteiger partial charge in [0.05, 0.1) is 11.9 Å². The Kier molecular flexibility index (Phi) is 5.07. The maximum Gasteiger partial charge on any atom is 0.304 e. The first kappa shape index (κ1) is 20.2. The Morgan fingerprint density at radius 1 is 1.26 bits per heavy atom. The molecule has 0 bridgehead atoms. The van der Waals surface area contributed by atoms with Gasteiger partial charge in [0.25, 0.3) is 0 Å². The van der Waals surface area contributed by atoms with Crippen molar-refractivity contribution >= 4 is 40.2 Å². The molecule has 7 heteroatoms. The van der Waals surface area contributed by atoms with Crippen molar-refractivity contribution in [3.8, 4) is 11.3 Å². The van der Waals surface area contributed by atoms with Crippen LogP contribution in [-0.4, -0.2) is 20.2 Å². The lowest BCUT2D eigenvalue weighted by atomic mass is 9.99. The summed E-state index contributed by atoms with van der Waals surface area (Å²) in [5, 5.41) is 11.1. The third-order valence-electron chi connectivity index (χ3n) is 5.89. The average molecular weight is 455 g/mol. The minimum absolute atomic E-state index is 0.0620. The molecule has 1 atom stereocenters. The van der Waals surface area contributed by atoms with Gasteiger partial charge < -0.3 is 14.2 Å². The summed E-state index contributed by atoms with van der Waals surface area (Å²) in [6.07, 6.45) is 2.74. The van der Waals surface area contributed by atoms with Crippen LogP contribution in [0.1, 0.15) is 24.5 Å². The first-order valence-corrected chi connectivity index (χ1v) is 11.2. The summed E-state index contributed by atoms with van der Waals surface area (Å²) < 4.78 is 18.8. The van der Waals surface area contributed by atoms with Crippen molar-refractivity contribution in [1.29, 1.82) is 0 Å². The van der Waals surface area contributed by atoms with Crippen molar-refractivity contribution in [1.82, 2.24) is 9.13 Å². The fourth-order valence-corrected chi connectivity index (χ4v) is 5.90. The molecule has 1 N–H and O–H groups in total. The van der Waals surface area contributed by atoms with Crippen LogP contribution >= 0.6 is 23.4 Å². The Bertz CT molecular complexity index is 1310. The molecule has 0 amide bonds. The van der Waals surface area contributed by atoms with Gasteiger partial charge in [-0.25, -0.2) is 4.39 Å². The normalized spacial score (nSPS) is 15.5. The van der Waals surface area contributed by atoms with Gasteiger partial charge in [0.2, 0.25) is 0 Å². The molecule has 0 spiro atoms. The molecule has 3 heterocycles. The topological polar surface area (TPSA) is 47.2 Å². The largest absolute Gasteiger partial charge is 0.481 e. The first-order valence-electron chi connectivity index (χ1n) is 10.0. The van der Waals surface area contributed by atoms with E-state index in [0.717, 1.165) is 44.1 Å². The summed E-state index contributed by atoms with van der Waals surface area (Å²) in [5.41, 5.74) is 3.53. The molecule has 0 unspecified atom stereocenters. The zero-order chi connectivity index (χ0) is 21.7. The van der Waals surface area contributed by atoms with Crippen molar-refractivity contribution in [3.05, 3.63) is 71.3 Å². The Balaban J connectivity index is 1.79. The number of carboxylic acid groups (broad SMARTS) is 1. The lowest BCUT2D eigenvalue weighted by molar-refractivity contribution is -0.137. The highest BCUT2D eigenvalue weighted by Gasteiger charge is 2.33. The van der Waals surface area contributed by atoms with E-state index in [1.165, 1.54) is 0 Å². The van der Waals surface area contributed by atoms with E-state index in [1.54, 1.807) is 23.9 Å². The lowest BCUT2D eigenvalue weighted by Crippen LogP contribution is -2.04. The number of aliphatic carboxylic acids is 1. The van der Waals surface area contributed by atoms with Gasteiger partial charge in [-0.1, -0.05) is 23.4 Å². The molecule has 0 radical (unpaired) electrons. The molecule has 4 aromatic rings. The number of carbonyl (C=O) groups is 1. The van der Waals surface area contributed by atoms with Crippen LogP contribution < -0.4 is 0 Å². The van der Waals surface area contributed by atoms with Crippen molar-refractivity contribution in [3.63, 3.8) is 0 Å². The second-order valence-electron chi connectivity index (χ2n) is 7.86. The van der Waals surface area contributed by atoms with Crippen LogP contribution in [0.4, 0.5) is 4.39 Å². The average Bonchev–Trinajstić information content (AvgIpc) is 3.40. The molecule has 0 saturated carbocycles. The van der Waals surface area contributed by atoms with E-state index in [1.807, 2.05) is 54.2 Å². The van der Waals surface area contributed by atoms with Crippen LogP contribution in [0.25, 0.3) is 22.2 Å². The smallest absolute Gasteiger partial charge is 0.304 e. The quantitative estimate of drug-likeness (QED) is 0.372. The number of halogens is 2. The van der Waals surface area contributed by atoms with E-state index < -0.39 is 5.97 Å². The fourth-order valence-electron chi connectivity index (χ4n) is 4.57. The highest BCUT2D eigenvalue weighted by molar-refractivity contribution is 7.99. The number of aryl methyl sites for hydroxylation is 2. The summed E-state index contributed by atoms with van der Waals surface area (Å²) in [4.78, 5) is 13.5. The monoisotopic (exact) mass is 454 g/mol. The number of hydrogen-bond acceptors (Lipinski definition) is 2. The number of carboxylic acids is 1. The maximum absolute atomic E-state index is 14.7. The van der Waals surface area contributed by atoms with Gasteiger partial charge in [-0.15, -0.1) is 0 Å². The molecule has 2 aromatic carbocycles. The van der Waals surface area contributed by atoms with Gasteiger partial charge in [0, 0.05) is 62.9 Å². The number of nitrogens with zero attached hydrogens (tertiary/aromatic N) is 2. The zero-order valence-corrected chi connectivity index (χ0v) is 18.4. The molecule has 5 rings (SSSR count). The molecule has 158 valence electrons. The summed E-state index contributed by atoms with van der Waals surface area (Å²) in [5.74, 6) is -1.22. The highest BCUT2D eigenvalue weighted by atomic mass is 35.5. The van der Waals surface area contributed by atoms with Gasteiger partial charge in [0.15, 0.2) is 0 Å². The second-order valence-corrected chi connectivity index (χ2v) is 9.38. The standard InChI is InChI=1S/C24H20ClFN2O2S/c1-27-9-2-3-19(27)18-12-16(26)13-20-22(18)24(31-17-6-4-15(25)5-7-17)23-14(11-21(29)30)8-10-28(20)23/h2-7,9,12-14H,8,10-11H2,1H3,(H,29,30)/t14-/m1/s1. The van der Waals surface area contributed by atoms with Crippen molar-refractivity contribution in [2.75, 3.05) is 0 Å². The van der Waals surface area contributed by atoms with Crippen LogP contribution in [0.15, 0.2) is 64.5 Å². The molecule has 0 saturated heterocycles. The first-order chi connectivity index (χ1) is 14.9. The van der Waals surface area contributed by atoms with Gasteiger partial charge in [-0.3, -0.25) is 4.79 Å². The van der Waals surface area contributed by atoms with Gasteiger partial charge in [0.1, 0.15) is 5.82 Å². The van der Waals surface area contributed by atoms with Crippen LogP contribution in [0, 0.1) is 5.82 Å². The molecule has 1 aliphatic heterocycles. The number of benzene rings is 2. The number of hydrogen-bond donors (Lipinski definition) is 1. The molecule has 0 fully saturated rings. The molecule has 0 aliphatic carbocycles. The highest BCUT2D eigenvalue weighted by Crippen LogP contribution is 2.49. The minimum atomic E-state index is -0.819. The summed E-state index contributed by atoms with van der Waals surface area (Å²) >= 11 is 7.66. The van der Waals surface area contributed by atoms with E-state index in [9.17, 15) is 14.3 Å². The Morgan fingerprint density at radius 2 is 2.03 bits per heavy atom. The fraction of sp³-hybridized carbons (Fsp3) is 0.208. The Morgan fingerprint density at radius 3 is 2.71 bits per heavy atom. The SMILES string of the molecule is Cn1cccc1-c1cc(F)cc2c1c(Sc1ccc(Cl)cc1)c1n2CC[C@@H]1CC(=O)O. The molecule has 31 heavy (non-hydrogen) atoms. The predicted molar refractivity (Wildman–Crippen MR) is 121 cm³/mol. The van der Waals surface area contributed by atoms with Crippen molar-refractivity contribution in [2.24, 2.45) is 7.05 Å². The minimum Gasteiger partial charge on any atom is -0.481 e. The molecule has 2 aromatic heterocycles. The summed E-state index contributed by atoms with van der Waals surface area (Å²) in [6.45, 7) is 0.682. The van der Waals surface area contributed by atoms with E-state index in [0.29, 0.717) is 11.6 Å². The zero-order valence-electron chi connectivity index (χ0n) is 16.8. The Labute approximate surface area is 188 Å². The molecular weight excluding hydrogens is 435 g/mol. The lowest BCUT2D eigenvalue weighted by Gasteiger charge is -2.12. The number of rotatable bonds is 5. The van der Waals surface area contributed by atoms with Crippen molar-refractivity contribution in [2.45, 2.75) is 35.1 Å². The van der Waals surface area contributed by atoms with E-state index in [-0.39, 0.29) is 18.2 Å².